The summed E-state index contributed by atoms with van der Waals surface area (Å²) in [6.45, 7) is 0.284. The van der Waals surface area contributed by atoms with Gasteiger partial charge in [-0.1, -0.05) is 12.1 Å². The van der Waals surface area contributed by atoms with E-state index in [1.165, 1.54) is 12.1 Å². The maximum absolute atomic E-state index is 13.3. The summed E-state index contributed by atoms with van der Waals surface area (Å²) in [6.07, 6.45) is 4.10. The van der Waals surface area contributed by atoms with E-state index in [9.17, 15) is 14.5 Å². The topological polar surface area (TPSA) is 133 Å². The van der Waals surface area contributed by atoms with Gasteiger partial charge in [-0.2, -0.15) is 4.98 Å². The highest BCUT2D eigenvalue weighted by Crippen LogP contribution is 2.31. The first-order chi connectivity index (χ1) is 12.9. The molecule has 0 aliphatic heterocycles. The third kappa shape index (κ3) is 4.88. The van der Waals surface area contributed by atoms with E-state index in [-0.39, 0.29) is 41.8 Å². The summed E-state index contributed by atoms with van der Waals surface area (Å²) in [5.74, 6) is -0.0207. The monoisotopic (exact) mass is 374 g/mol. The van der Waals surface area contributed by atoms with Gasteiger partial charge in [0.1, 0.15) is 11.5 Å². The summed E-state index contributed by atoms with van der Waals surface area (Å²) >= 11 is 0. The van der Waals surface area contributed by atoms with Gasteiger partial charge in [0.05, 0.1) is 4.92 Å². The van der Waals surface area contributed by atoms with Gasteiger partial charge in [0.15, 0.2) is 0 Å². The average molecular weight is 374 g/mol. The van der Waals surface area contributed by atoms with Crippen molar-refractivity contribution in [3.8, 4) is 0 Å². The van der Waals surface area contributed by atoms with E-state index in [4.69, 9.17) is 11.5 Å². The number of nitrogens with two attached hydrogens (primary N) is 2. The molecule has 0 amide bonds. The third-order valence-corrected chi connectivity index (χ3v) is 4.88. The molecule has 8 nitrogen and oxygen atoms in total. The standard InChI is InChI=1S/C18H23FN6O2/c19-13-3-1-2-12(8-13)10-22-18-23-15(16(25(26)27)17(21)24-18)9-11-4-6-14(20)7-5-11/h1-3,8,11,14H,4-7,9-10,20H2,(H3,21,22,23,24). The summed E-state index contributed by atoms with van der Waals surface area (Å²) in [7, 11) is 0. The molecular formula is C18H23FN6O2. The van der Waals surface area contributed by atoms with Crippen LogP contribution >= 0.6 is 0 Å². The first-order valence-electron chi connectivity index (χ1n) is 8.97. The van der Waals surface area contributed by atoms with E-state index in [2.05, 4.69) is 15.3 Å². The van der Waals surface area contributed by atoms with E-state index in [0.29, 0.717) is 17.7 Å². The second kappa shape index (κ2) is 8.26. The smallest absolute Gasteiger partial charge is 0.332 e. The van der Waals surface area contributed by atoms with Crippen LogP contribution in [0.1, 0.15) is 36.9 Å². The minimum Gasteiger partial charge on any atom is -0.378 e. The van der Waals surface area contributed by atoms with Gasteiger partial charge in [-0.15, -0.1) is 0 Å². The van der Waals surface area contributed by atoms with Crippen LogP contribution < -0.4 is 16.8 Å². The minimum atomic E-state index is -0.532. The summed E-state index contributed by atoms with van der Waals surface area (Å²) < 4.78 is 13.3. The number of rotatable bonds is 6. The Hall–Kier alpha value is -2.81. The second-order valence-corrected chi connectivity index (χ2v) is 6.95. The van der Waals surface area contributed by atoms with Gasteiger partial charge in [-0.25, -0.2) is 9.37 Å². The van der Waals surface area contributed by atoms with Crippen LogP contribution in [-0.4, -0.2) is 20.9 Å². The lowest BCUT2D eigenvalue weighted by atomic mass is 9.83. The first kappa shape index (κ1) is 19.0. The number of halogens is 1. The molecule has 0 bridgehead atoms. The first-order valence-corrected chi connectivity index (χ1v) is 8.97. The fraction of sp³-hybridized carbons (Fsp3) is 0.444. The summed E-state index contributed by atoms with van der Waals surface area (Å²) in [5, 5.41) is 14.4. The highest BCUT2D eigenvalue weighted by molar-refractivity contribution is 5.58. The Balaban J connectivity index is 1.79. The Morgan fingerprint density at radius 1 is 1.26 bits per heavy atom. The van der Waals surface area contributed by atoms with Gasteiger partial charge in [-0.05, 0) is 55.7 Å². The van der Waals surface area contributed by atoms with Crippen molar-refractivity contribution in [2.75, 3.05) is 11.1 Å². The molecule has 0 radical (unpaired) electrons. The number of nitrogens with one attached hydrogen (secondary N) is 1. The molecule has 0 unspecified atom stereocenters. The SMILES string of the molecule is Nc1nc(NCc2cccc(F)c2)nc(CC2CCC(N)CC2)c1[N+](=O)[O-]. The van der Waals surface area contributed by atoms with E-state index in [1.807, 2.05) is 0 Å². The van der Waals surface area contributed by atoms with Crippen LogP contribution in [0.3, 0.4) is 0 Å². The lowest BCUT2D eigenvalue weighted by molar-refractivity contribution is -0.385. The molecule has 1 saturated carbocycles. The molecule has 1 aliphatic rings. The van der Waals surface area contributed by atoms with E-state index < -0.39 is 4.92 Å². The highest BCUT2D eigenvalue weighted by Gasteiger charge is 2.27. The third-order valence-electron chi connectivity index (χ3n) is 4.88. The van der Waals surface area contributed by atoms with Crippen LogP contribution in [0.25, 0.3) is 0 Å². The van der Waals surface area contributed by atoms with Crippen molar-refractivity contribution in [2.24, 2.45) is 11.7 Å². The van der Waals surface area contributed by atoms with Crippen molar-refractivity contribution >= 4 is 17.5 Å². The number of hydrogen-bond acceptors (Lipinski definition) is 7. The second-order valence-electron chi connectivity index (χ2n) is 6.95. The maximum Gasteiger partial charge on any atom is 0.332 e. The summed E-state index contributed by atoms with van der Waals surface area (Å²) in [4.78, 5) is 19.2. The number of nitrogen functional groups attached to an aromatic ring is 1. The van der Waals surface area contributed by atoms with Crippen LogP contribution in [-0.2, 0) is 13.0 Å². The Kier molecular flexibility index (Phi) is 5.80. The van der Waals surface area contributed by atoms with Crippen molar-refractivity contribution < 1.29 is 9.31 Å². The van der Waals surface area contributed by atoms with Gasteiger partial charge in [-0.3, -0.25) is 10.1 Å². The number of aromatic nitrogens is 2. The van der Waals surface area contributed by atoms with E-state index in [0.717, 1.165) is 25.7 Å². The summed E-state index contributed by atoms with van der Waals surface area (Å²) in [6, 6.07) is 6.33. The lowest BCUT2D eigenvalue weighted by Gasteiger charge is -2.25. The Morgan fingerprint density at radius 3 is 2.67 bits per heavy atom. The zero-order valence-electron chi connectivity index (χ0n) is 14.9. The zero-order valence-corrected chi connectivity index (χ0v) is 14.9. The Bertz CT molecular complexity index is 823. The number of nitro groups is 1. The highest BCUT2D eigenvalue weighted by atomic mass is 19.1. The predicted octanol–water partition coefficient (Wildman–Crippen LogP) is 2.78. The molecule has 0 spiro atoms. The normalized spacial score (nSPS) is 19.6. The molecule has 0 atom stereocenters. The number of nitrogens with zero attached hydrogens (tertiary/aromatic N) is 3. The van der Waals surface area contributed by atoms with Crippen molar-refractivity contribution in [2.45, 2.75) is 44.7 Å². The molecule has 1 fully saturated rings. The summed E-state index contributed by atoms with van der Waals surface area (Å²) in [5.41, 5.74) is 12.6. The largest absolute Gasteiger partial charge is 0.378 e. The van der Waals surface area contributed by atoms with Crippen molar-refractivity contribution in [3.63, 3.8) is 0 Å². The Labute approximate surface area is 156 Å². The van der Waals surface area contributed by atoms with E-state index >= 15 is 0 Å². The molecule has 144 valence electrons. The van der Waals surface area contributed by atoms with Gasteiger partial charge in [0.25, 0.3) is 0 Å². The van der Waals surface area contributed by atoms with Crippen molar-refractivity contribution in [1.29, 1.82) is 0 Å². The van der Waals surface area contributed by atoms with Crippen LogP contribution in [0, 0.1) is 21.8 Å². The molecule has 1 aliphatic carbocycles. The molecule has 1 aromatic carbocycles. The van der Waals surface area contributed by atoms with Gasteiger partial charge in [0.2, 0.25) is 11.8 Å². The van der Waals surface area contributed by atoms with Gasteiger partial charge >= 0.3 is 5.69 Å². The molecule has 2 aromatic rings. The number of hydrogen-bond donors (Lipinski definition) is 3. The van der Waals surface area contributed by atoms with Crippen LogP contribution in [0.2, 0.25) is 0 Å². The molecule has 0 saturated heterocycles. The molecule has 1 aromatic heterocycles. The van der Waals surface area contributed by atoms with Crippen LogP contribution in [0.5, 0.6) is 0 Å². The van der Waals surface area contributed by atoms with Crippen molar-refractivity contribution in [3.05, 3.63) is 51.5 Å². The quantitative estimate of drug-likeness (QED) is 0.523. The number of anilines is 2. The molecule has 9 heteroatoms. The maximum atomic E-state index is 13.3. The molecule has 27 heavy (non-hydrogen) atoms. The Morgan fingerprint density at radius 2 is 2.00 bits per heavy atom. The fourth-order valence-electron chi connectivity index (χ4n) is 3.43. The van der Waals surface area contributed by atoms with Gasteiger partial charge < -0.3 is 16.8 Å². The van der Waals surface area contributed by atoms with Crippen LogP contribution in [0.4, 0.5) is 21.8 Å². The predicted molar refractivity (Wildman–Crippen MR) is 100 cm³/mol. The van der Waals surface area contributed by atoms with E-state index in [1.54, 1.807) is 12.1 Å². The van der Waals surface area contributed by atoms with Gasteiger partial charge in [0, 0.05) is 12.6 Å². The molecule has 3 rings (SSSR count). The average Bonchev–Trinajstić information content (AvgIpc) is 2.61. The molecule has 1 heterocycles. The molecular weight excluding hydrogens is 351 g/mol. The van der Waals surface area contributed by atoms with Crippen LogP contribution in [0.15, 0.2) is 24.3 Å². The van der Waals surface area contributed by atoms with Crippen molar-refractivity contribution in [1.82, 2.24) is 9.97 Å². The molecule has 5 N–H and O–H groups in total. The zero-order chi connectivity index (χ0) is 19.4. The minimum absolute atomic E-state index is 0.167. The fourth-order valence-corrected chi connectivity index (χ4v) is 3.43. The number of benzene rings is 1. The lowest BCUT2D eigenvalue weighted by Crippen LogP contribution is -2.27.